The van der Waals surface area contributed by atoms with Gasteiger partial charge >= 0.3 is 0 Å². The highest BCUT2D eigenvalue weighted by Crippen LogP contribution is 2.27. The maximum absolute atomic E-state index is 11.8. The second kappa shape index (κ2) is 6.55. The quantitative estimate of drug-likeness (QED) is 0.896. The molecule has 0 radical (unpaired) electrons. The van der Waals surface area contributed by atoms with Gasteiger partial charge in [-0.3, -0.25) is 9.78 Å². The molecule has 3 rings (SSSR count). The molecule has 2 aromatic heterocycles. The molecular weight excluding hydrogens is 284 g/mol. The van der Waals surface area contributed by atoms with Crippen LogP contribution >= 0.6 is 0 Å². The Morgan fingerprint density at radius 2 is 2.27 bits per heavy atom. The number of carbonyl (C=O) groups excluding carboxylic acids is 1. The Labute approximate surface area is 128 Å². The molecule has 0 atom stereocenters. The molecule has 1 amide bonds. The molecule has 2 heterocycles. The Bertz CT molecular complexity index is 669. The molecule has 2 aromatic rings. The molecule has 0 aliphatic heterocycles. The number of rotatable bonds is 5. The van der Waals surface area contributed by atoms with E-state index in [0.717, 1.165) is 42.7 Å². The third kappa shape index (κ3) is 3.41. The van der Waals surface area contributed by atoms with Crippen molar-refractivity contribution in [3.05, 3.63) is 35.2 Å². The smallest absolute Gasteiger partial charge is 0.258 e. The van der Waals surface area contributed by atoms with Crippen LogP contribution < -0.4 is 10.1 Å². The molecule has 7 heteroatoms. The third-order valence-corrected chi connectivity index (χ3v) is 3.56. The van der Waals surface area contributed by atoms with Gasteiger partial charge in [-0.05, 0) is 38.7 Å². The summed E-state index contributed by atoms with van der Waals surface area (Å²) < 4.78 is 10.6. The molecule has 116 valence electrons. The van der Waals surface area contributed by atoms with E-state index in [0.29, 0.717) is 11.7 Å². The third-order valence-electron chi connectivity index (χ3n) is 3.56. The lowest BCUT2D eigenvalue weighted by Gasteiger charge is -2.18. The first-order valence-corrected chi connectivity index (χ1v) is 7.38. The number of nitrogens with zero attached hydrogens (tertiary/aromatic N) is 3. The first-order valence-electron chi connectivity index (χ1n) is 7.38. The summed E-state index contributed by atoms with van der Waals surface area (Å²) >= 11 is 0. The molecule has 22 heavy (non-hydrogen) atoms. The van der Waals surface area contributed by atoms with E-state index >= 15 is 0 Å². The van der Waals surface area contributed by atoms with E-state index in [-0.39, 0.29) is 19.1 Å². The van der Waals surface area contributed by atoms with Crippen LogP contribution in [0.1, 0.15) is 35.8 Å². The zero-order valence-electron chi connectivity index (χ0n) is 12.5. The van der Waals surface area contributed by atoms with Crippen LogP contribution in [0.25, 0.3) is 0 Å². The molecule has 0 fully saturated rings. The van der Waals surface area contributed by atoms with Crippen LogP contribution in [-0.4, -0.2) is 27.6 Å². The Morgan fingerprint density at radius 3 is 3.09 bits per heavy atom. The van der Waals surface area contributed by atoms with Crippen molar-refractivity contribution < 1.29 is 14.1 Å². The molecule has 7 nitrogen and oxygen atoms in total. The van der Waals surface area contributed by atoms with Gasteiger partial charge in [0.05, 0.1) is 6.54 Å². The zero-order valence-corrected chi connectivity index (χ0v) is 12.5. The summed E-state index contributed by atoms with van der Waals surface area (Å²) in [6.45, 7) is 1.89. The molecule has 0 unspecified atom stereocenters. The van der Waals surface area contributed by atoms with Gasteiger partial charge in [-0.25, -0.2) is 0 Å². The van der Waals surface area contributed by atoms with E-state index in [2.05, 4.69) is 20.4 Å². The number of fused-ring (bicyclic) bond motifs is 1. The topological polar surface area (TPSA) is 90.1 Å². The molecular formula is C15H18N4O3. The van der Waals surface area contributed by atoms with Gasteiger partial charge in [0, 0.05) is 17.5 Å². The van der Waals surface area contributed by atoms with Crippen LogP contribution in [0.2, 0.25) is 0 Å². The number of hydrogen-bond donors (Lipinski definition) is 1. The maximum atomic E-state index is 11.8. The molecule has 1 aliphatic carbocycles. The van der Waals surface area contributed by atoms with E-state index in [1.54, 1.807) is 13.1 Å². The van der Waals surface area contributed by atoms with E-state index in [4.69, 9.17) is 9.26 Å². The number of ether oxygens (including phenoxy) is 1. The molecule has 0 spiro atoms. The van der Waals surface area contributed by atoms with Crippen LogP contribution in [0.3, 0.4) is 0 Å². The Morgan fingerprint density at radius 1 is 1.41 bits per heavy atom. The normalized spacial score (nSPS) is 13.5. The van der Waals surface area contributed by atoms with Gasteiger partial charge in [0.15, 0.2) is 12.4 Å². The summed E-state index contributed by atoms with van der Waals surface area (Å²) in [5.41, 5.74) is 2.22. The van der Waals surface area contributed by atoms with Crippen molar-refractivity contribution >= 4 is 5.91 Å². The van der Waals surface area contributed by atoms with Crippen molar-refractivity contribution in [1.82, 2.24) is 20.4 Å². The summed E-state index contributed by atoms with van der Waals surface area (Å²) in [5, 5.41) is 6.35. The van der Waals surface area contributed by atoms with Crippen molar-refractivity contribution in [3.63, 3.8) is 0 Å². The summed E-state index contributed by atoms with van der Waals surface area (Å²) in [4.78, 5) is 20.2. The number of hydrogen-bond acceptors (Lipinski definition) is 6. The first kappa shape index (κ1) is 14.5. The molecule has 0 saturated carbocycles. The predicted molar refractivity (Wildman–Crippen MR) is 77.3 cm³/mol. The van der Waals surface area contributed by atoms with Crippen LogP contribution in [0.4, 0.5) is 0 Å². The van der Waals surface area contributed by atoms with Crippen molar-refractivity contribution in [3.8, 4) is 5.75 Å². The number of amides is 1. The standard InChI is InChI=1S/C15H18N4O3/c1-10-18-15(22-19-10)8-17-14(20)9-21-13-6-7-16-12-5-3-2-4-11(12)13/h6-7H,2-5,8-9H2,1H3,(H,17,20). The van der Waals surface area contributed by atoms with E-state index in [1.807, 2.05) is 6.07 Å². The minimum absolute atomic E-state index is 0.0381. The monoisotopic (exact) mass is 302 g/mol. The average molecular weight is 302 g/mol. The number of aromatic nitrogens is 3. The number of aryl methyl sites for hydroxylation is 2. The first-order chi connectivity index (χ1) is 10.7. The van der Waals surface area contributed by atoms with Gasteiger partial charge in [0.1, 0.15) is 5.75 Å². The highest BCUT2D eigenvalue weighted by Gasteiger charge is 2.16. The van der Waals surface area contributed by atoms with Gasteiger partial charge in [0.2, 0.25) is 5.89 Å². The molecule has 0 saturated heterocycles. The largest absolute Gasteiger partial charge is 0.483 e. The minimum atomic E-state index is -0.225. The van der Waals surface area contributed by atoms with Gasteiger partial charge < -0.3 is 14.6 Å². The van der Waals surface area contributed by atoms with E-state index in [1.165, 1.54) is 0 Å². The van der Waals surface area contributed by atoms with E-state index in [9.17, 15) is 4.79 Å². The van der Waals surface area contributed by atoms with E-state index < -0.39 is 0 Å². The number of nitrogens with one attached hydrogen (secondary N) is 1. The summed E-state index contributed by atoms with van der Waals surface area (Å²) in [6.07, 6.45) is 5.97. The van der Waals surface area contributed by atoms with Crippen LogP contribution in [-0.2, 0) is 24.2 Å². The van der Waals surface area contributed by atoms with Crippen molar-refractivity contribution in [1.29, 1.82) is 0 Å². The maximum Gasteiger partial charge on any atom is 0.258 e. The van der Waals surface area contributed by atoms with Gasteiger partial charge in [0.25, 0.3) is 5.91 Å². The highest BCUT2D eigenvalue weighted by molar-refractivity contribution is 5.77. The lowest BCUT2D eigenvalue weighted by atomic mass is 9.95. The minimum Gasteiger partial charge on any atom is -0.483 e. The average Bonchev–Trinajstić information content (AvgIpc) is 2.96. The Balaban J connectivity index is 1.53. The number of carbonyl (C=O) groups is 1. The fraction of sp³-hybridized carbons (Fsp3) is 0.467. The SMILES string of the molecule is Cc1noc(CNC(=O)COc2ccnc3c2CCCC3)n1. The Hall–Kier alpha value is -2.44. The molecule has 0 aromatic carbocycles. The second-order valence-electron chi connectivity index (χ2n) is 5.24. The second-order valence-corrected chi connectivity index (χ2v) is 5.24. The highest BCUT2D eigenvalue weighted by atomic mass is 16.5. The predicted octanol–water partition coefficient (Wildman–Crippen LogP) is 1.35. The fourth-order valence-corrected chi connectivity index (χ4v) is 2.51. The van der Waals surface area contributed by atoms with Crippen molar-refractivity contribution in [2.45, 2.75) is 39.2 Å². The van der Waals surface area contributed by atoms with Gasteiger partial charge in [-0.1, -0.05) is 5.16 Å². The van der Waals surface area contributed by atoms with Gasteiger partial charge in [-0.15, -0.1) is 0 Å². The molecule has 0 bridgehead atoms. The molecule has 1 aliphatic rings. The van der Waals surface area contributed by atoms with Crippen molar-refractivity contribution in [2.24, 2.45) is 0 Å². The fourth-order valence-electron chi connectivity index (χ4n) is 2.51. The lowest BCUT2D eigenvalue weighted by molar-refractivity contribution is -0.123. The summed E-state index contributed by atoms with van der Waals surface area (Å²) in [7, 11) is 0. The van der Waals surface area contributed by atoms with Crippen LogP contribution in [0.5, 0.6) is 5.75 Å². The van der Waals surface area contributed by atoms with Gasteiger partial charge in [-0.2, -0.15) is 4.98 Å². The Kier molecular flexibility index (Phi) is 4.32. The summed E-state index contributed by atoms with van der Waals surface area (Å²) in [5.74, 6) is 1.46. The summed E-state index contributed by atoms with van der Waals surface area (Å²) in [6, 6.07) is 1.82. The number of pyridine rings is 1. The zero-order chi connectivity index (χ0) is 15.4. The lowest BCUT2D eigenvalue weighted by Crippen LogP contribution is -2.28. The van der Waals surface area contributed by atoms with Crippen molar-refractivity contribution in [2.75, 3.05) is 6.61 Å². The molecule has 1 N–H and O–H groups in total. The van der Waals surface area contributed by atoms with Crippen LogP contribution in [0, 0.1) is 6.92 Å². The van der Waals surface area contributed by atoms with Crippen LogP contribution in [0.15, 0.2) is 16.8 Å².